The summed E-state index contributed by atoms with van der Waals surface area (Å²) in [6.07, 6.45) is 0.349. The molecule has 3 rings (SSSR count). The topological polar surface area (TPSA) is 96.0 Å². The van der Waals surface area contributed by atoms with E-state index >= 15 is 0 Å². The Labute approximate surface area is 248 Å². The van der Waals surface area contributed by atoms with E-state index in [0.717, 1.165) is 15.4 Å². The van der Waals surface area contributed by atoms with Crippen LogP contribution in [0.1, 0.15) is 38.3 Å². The molecule has 0 aliphatic carbocycles. The van der Waals surface area contributed by atoms with E-state index in [1.54, 1.807) is 18.2 Å². The summed E-state index contributed by atoms with van der Waals surface area (Å²) in [4.78, 5) is 28.8. The average Bonchev–Trinajstić information content (AvgIpc) is 2.95. The Morgan fingerprint density at radius 1 is 1.00 bits per heavy atom. The molecule has 220 valence electrons. The van der Waals surface area contributed by atoms with Crippen molar-refractivity contribution in [2.45, 2.75) is 51.6 Å². The molecule has 3 aromatic rings. The van der Waals surface area contributed by atoms with Crippen LogP contribution in [0.2, 0.25) is 5.02 Å². The Balaban J connectivity index is 2.07. The number of carbonyl (C=O) groups excluding carboxylic acids is 2. The third kappa shape index (κ3) is 8.24. The zero-order chi connectivity index (χ0) is 30.2. The van der Waals surface area contributed by atoms with Gasteiger partial charge >= 0.3 is 0 Å². The molecule has 0 aromatic heterocycles. The van der Waals surface area contributed by atoms with E-state index in [2.05, 4.69) is 5.32 Å². The Morgan fingerprint density at radius 2 is 1.66 bits per heavy atom. The Morgan fingerprint density at radius 3 is 2.22 bits per heavy atom. The smallest absolute Gasteiger partial charge is 0.264 e. The maximum absolute atomic E-state index is 14.1. The van der Waals surface area contributed by atoms with Gasteiger partial charge in [0.15, 0.2) is 0 Å². The summed E-state index contributed by atoms with van der Waals surface area (Å²) >= 11 is 6.38. The maximum Gasteiger partial charge on any atom is 0.264 e. The van der Waals surface area contributed by atoms with Gasteiger partial charge in [-0.1, -0.05) is 80.4 Å². The van der Waals surface area contributed by atoms with Crippen LogP contribution in [0, 0.1) is 12.8 Å². The quantitative estimate of drug-likeness (QED) is 0.283. The molecular formula is C31H38ClN3O5S. The second kappa shape index (κ2) is 14.4. The summed E-state index contributed by atoms with van der Waals surface area (Å²) < 4.78 is 34.2. The summed E-state index contributed by atoms with van der Waals surface area (Å²) in [5.74, 6) is -0.216. The molecule has 0 fully saturated rings. The van der Waals surface area contributed by atoms with Gasteiger partial charge in [0.1, 0.15) is 18.3 Å². The van der Waals surface area contributed by atoms with Crippen molar-refractivity contribution in [2.24, 2.45) is 5.92 Å². The third-order valence-electron chi connectivity index (χ3n) is 6.58. The van der Waals surface area contributed by atoms with Gasteiger partial charge in [-0.25, -0.2) is 8.42 Å². The van der Waals surface area contributed by atoms with Gasteiger partial charge in [0.05, 0.1) is 22.7 Å². The zero-order valence-corrected chi connectivity index (χ0v) is 25.7. The molecule has 8 nitrogen and oxygen atoms in total. The van der Waals surface area contributed by atoms with Gasteiger partial charge in [-0.05, 0) is 55.2 Å². The normalized spacial score (nSPS) is 12.1. The zero-order valence-electron chi connectivity index (χ0n) is 24.1. The van der Waals surface area contributed by atoms with E-state index in [1.807, 2.05) is 58.0 Å². The molecule has 0 unspecified atom stereocenters. The first-order chi connectivity index (χ1) is 19.5. The molecule has 0 saturated carbocycles. The molecule has 0 aliphatic heterocycles. The van der Waals surface area contributed by atoms with E-state index < -0.39 is 28.5 Å². The first-order valence-corrected chi connectivity index (χ1v) is 15.3. The molecule has 41 heavy (non-hydrogen) atoms. The van der Waals surface area contributed by atoms with Crippen molar-refractivity contribution >= 4 is 39.1 Å². The van der Waals surface area contributed by atoms with Crippen molar-refractivity contribution in [1.29, 1.82) is 0 Å². The van der Waals surface area contributed by atoms with Crippen LogP contribution in [0.3, 0.4) is 0 Å². The lowest BCUT2D eigenvalue weighted by molar-refractivity contribution is -0.140. The molecule has 0 bridgehead atoms. The van der Waals surface area contributed by atoms with Gasteiger partial charge < -0.3 is 15.0 Å². The van der Waals surface area contributed by atoms with Gasteiger partial charge in [-0.3, -0.25) is 13.9 Å². The fraction of sp³-hybridized carbons (Fsp3) is 0.355. The highest BCUT2D eigenvalue weighted by Gasteiger charge is 2.34. The molecule has 0 spiro atoms. The molecule has 0 radical (unpaired) electrons. The van der Waals surface area contributed by atoms with E-state index in [-0.39, 0.29) is 34.0 Å². The Hall–Kier alpha value is -3.56. The number of benzene rings is 3. The van der Waals surface area contributed by atoms with Crippen molar-refractivity contribution < 1.29 is 22.7 Å². The number of sulfonamides is 1. The lowest BCUT2D eigenvalue weighted by atomic mass is 10.1. The van der Waals surface area contributed by atoms with E-state index in [9.17, 15) is 18.0 Å². The number of rotatable bonds is 13. The van der Waals surface area contributed by atoms with Gasteiger partial charge in [0.25, 0.3) is 10.0 Å². The standard InChI is InChI=1S/C31H38ClN3O5S/c1-6-28(31(37)33-19-22(2)3)34(20-24-10-8-7-9-11-24)30(36)21-35(25-14-17-29(40-5)27(32)18-25)41(38,39)26-15-12-23(4)13-16-26/h7-18,22,28H,6,19-21H2,1-5H3,(H,33,37)/t28-/m1/s1. The van der Waals surface area contributed by atoms with Crippen molar-refractivity contribution in [3.8, 4) is 5.75 Å². The van der Waals surface area contributed by atoms with Gasteiger partial charge in [-0.15, -0.1) is 0 Å². The molecule has 0 heterocycles. The van der Waals surface area contributed by atoms with Crippen molar-refractivity contribution in [3.05, 3.63) is 88.9 Å². The monoisotopic (exact) mass is 599 g/mol. The highest BCUT2D eigenvalue weighted by atomic mass is 35.5. The predicted molar refractivity (Wildman–Crippen MR) is 163 cm³/mol. The number of amides is 2. The summed E-state index contributed by atoms with van der Waals surface area (Å²) in [6, 6.07) is 19.4. The number of ether oxygens (including phenoxy) is 1. The molecule has 2 amide bonds. The summed E-state index contributed by atoms with van der Waals surface area (Å²) in [6.45, 7) is 7.71. The number of nitrogens with zero attached hydrogens (tertiary/aromatic N) is 2. The number of carbonyl (C=O) groups is 2. The van der Waals surface area contributed by atoms with Gasteiger partial charge in [0.2, 0.25) is 11.8 Å². The molecule has 10 heteroatoms. The van der Waals surface area contributed by atoms with Crippen LogP contribution in [0.5, 0.6) is 5.75 Å². The lowest BCUT2D eigenvalue weighted by Gasteiger charge is -2.33. The molecular weight excluding hydrogens is 562 g/mol. The Bertz CT molecular complexity index is 1430. The largest absolute Gasteiger partial charge is 0.495 e. The minimum absolute atomic E-state index is 0.0270. The number of hydrogen-bond donors (Lipinski definition) is 1. The average molecular weight is 600 g/mol. The number of hydrogen-bond acceptors (Lipinski definition) is 5. The van der Waals surface area contributed by atoms with Crippen molar-refractivity contribution in [1.82, 2.24) is 10.2 Å². The van der Waals surface area contributed by atoms with Crippen LogP contribution in [0.25, 0.3) is 0 Å². The lowest BCUT2D eigenvalue weighted by Crippen LogP contribution is -2.52. The van der Waals surface area contributed by atoms with E-state index in [4.69, 9.17) is 16.3 Å². The molecule has 1 atom stereocenters. The SMILES string of the molecule is CC[C@H](C(=O)NCC(C)C)N(Cc1ccccc1)C(=O)CN(c1ccc(OC)c(Cl)c1)S(=O)(=O)c1ccc(C)cc1. The molecule has 1 N–H and O–H groups in total. The van der Waals surface area contributed by atoms with Crippen LogP contribution in [-0.4, -0.2) is 51.4 Å². The van der Waals surface area contributed by atoms with Crippen LogP contribution in [-0.2, 0) is 26.2 Å². The van der Waals surface area contributed by atoms with Crippen molar-refractivity contribution in [3.63, 3.8) is 0 Å². The highest BCUT2D eigenvalue weighted by Crippen LogP contribution is 2.32. The number of nitrogens with one attached hydrogen (secondary N) is 1. The number of aryl methyl sites for hydroxylation is 1. The van der Waals surface area contributed by atoms with Crippen LogP contribution in [0.4, 0.5) is 5.69 Å². The van der Waals surface area contributed by atoms with Gasteiger partial charge in [0, 0.05) is 13.1 Å². The number of halogens is 1. The minimum Gasteiger partial charge on any atom is -0.495 e. The summed E-state index contributed by atoms with van der Waals surface area (Å²) in [5.41, 5.74) is 1.91. The van der Waals surface area contributed by atoms with Crippen molar-refractivity contribution in [2.75, 3.05) is 24.5 Å². The maximum atomic E-state index is 14.1. The first-order valence-electron chi connectivity index (χ1n) is 13.5. The fourth-order valence-corrected chi connectivity index (χ4v) is 5.96. The minimum atomic E-state index is -4.20. The second-order valence-electron chi connectivity index (χ2n) is 10.2. The molecule has 3 aromatic carbocycles. The summed E-state index contributed by atoms with van der Waals surface area (Å²) in [7, 11) is -2.74. The Kier molecular flexibility index (Phi) is 11.2. The van der Waals surface area contributed by atoms with Crippen LogP contribution in [0.15, 0.2) is 77.7 Å². The van der Waals surface area contributed by atoms with E-state index in [1.165, 1.54) is 36.3 Å². The predicted octanol–water partition coefficient (Wildman–Crippen LogP) is 5.43. The number of anilines is 1. The van der Waals surface area contributed by atoms with Crippen LogP contribution >= 0.6 is 11.6 Å². The molecule has 0 aliphatic rings. The first kappa shape index (κ1) is 32.0. The third-order valence-corrected chi connectivity index (χ3v) is 8.66. The summed E-state index contributed by atoms with van der Waals surface area (Å²) in [5, 5.41) is 3.12. The molecule has 0 saturated heterocycles. The highest BCUT2D eigenvalue weighted by molar-refractivity contribution is 7.92. The number of methoxy groups -OCH3 is 1. The van der Waals surface area contributed by atoms with Gasteiger partial charge in [-0.2, -0.15) is 0 Å². The van der Waals surface area contributed by atoms with E-state index in [0.29, 0.717) is 18.7 Å². The second-order valence-corrected chi connectivity index (χ2v) is 12.5. The van der Waals surface area contributed by atoms with Crippen LogP contribution < -0.4 is 14.4 Å². The fourth-order valence-electron chi connectivity index (χ4n) is 4.30.